The molecule has 0 fully saturated rings. The van der Waals surface area contributed by atoms with E-state index in [1.165, 1.54) is 5.56 Å². The summed E-state index contributed by atoms with van der Waals surface area (Å²) in [5, 5.41) is 3.13. The minimum Gasteiger partial charge on any atom is -0.490 e. The lowest BCUT2D eigenvalue weighted by molar-refractivity contribution is 0.272. The fraction of sp³-hybridized carbons (Fsp3) is 0.571. The van der Waals surface area contributed by atoms with Crippen molar-refractivity contribution in [1.29, 1.82) is 0 Å². The lowest BCUT2D eigenvalue weighted by Gasteiger charge is -2.13. The molecule has 1 rings (SSSR count). The molecule has 0 atom stereocenters. The number of hydrogen-bond donors (Lipinski definition) is 1. The molecule has 0 aliphatic carbocycles. The van der Waals surface area contributed by atoms with Crippen molar-refractivity contribution in [3.63, 3.8) is 0 Å². The zero-order valence-corrected chi connectivity index (χ0v) is 11.1. The maximum Gasteiger partial charge on any atom is 0.161 e. The molecule has 0 unspecified atom stereocenters. The molecule has 1 aromatic rings. The predicted molar refractivity (Wildman–Crippen MR) is 70.8 cm³/mol. The normalized spacial score (nSPS) is 10.3. The molecule has 17 heavy (non-hydrogen) atoms. The Morgan fingerprint density at radius 3 is 2.59 bits per heavy atom. The van der Waals surface area contributed by atoms with Crippen molar-refractivity contribution in [1.82, 2.24) is 5.32 Å². The molecule has 3 heteroatoms. The number of hydrogen-bond acceptors (Lipinski definition) is 3. The number of nitrogens with one attached hydrogen (secondary N) is 1. The van der Waals surface area contributed by atoms with E-state index in [0.717, 1.165) is 37.5 Å². The number of rotatable bonds is 8. The van der Waals surface area contributed by atoms with Crippen LogP contribution in [0.15, 0.2) is 18.2 Å². The van der Waals surface area contributed by atoms with Gasteiger partial charge in [0, 0.05) is 6.54 Å². The van der Waals surface area contributed by atoms with Crippen molar-refractivity contribution in [3.05, 3.63) is 23.8 Å². The lowest BCUT2D eigenvalue weighted by Crippen LogP contribution is -2.06. The Morgan fingerprint density at radius 2 is 1.94 bits per heavy atom. The third-order valence-corrected chi connectivity index (χ3v) is 2.44. The van der Waals surface area contributed by atoms with Crippen LogP contribution in [0.4, 0.5) is 0 Å². The Labute approximate surface area is 104 Å². The van der Waals surface area contributed by atoms with E-state index >= 15 is 0 Å². The van der Waals surface area contributed by atoms with Crippen LogP contribution >= 0.6 is 0 Å². The first-order chi connectivity index (χ1) is 8.31. The summed E-state index contributed by atoms with van der Waals surface area (Å²) in [6.45, 7) is 6.40. The van der Waals surface area contributed by atoms with Crippen LogP contribution in [0.25, 0.3) is 0 Å². The molecule has 0 aliphatic rings. The van der Waals surface area contributed by atoms with Crippen molar-refractivity contribution < 1.29 is 9.47 Å². The molecule has 0 heterocycles. The van der Waals surface area contributed by atoms with Crippen molar-refractivity contribution in [2.75, 3.05) is 20.3 Å². The summed E-state index contributed by atoms with van der Waals surface area (Å²) in [5.41, 5.74) is 1.21. The van der Waals surface area contributed by atoms with Crippen LogP contribution in [0.1, 0.15) is 32.3 Å². The smallest absolute Gasteiger partial charge is 0.161 e. The second kappa shape index (κ2) is 7.96. The molecular weight excluding hydrogens is 214 g/mol. The molecule has 0 spiro atoms. The SMILES string of the molecule is CCCCOc1ccc(CNC)cc1OCC. The van der Waals surface area contributed by atoms with Gasteiger partial charge in [-0.3, -0.25) is 0 Å². The third kappa shape index (κ3) is 4.65. The predicted octanol–water partition coefficient (Wildman–Crippen LogP) is 2.98. The molecule has 96 valence electrons. The molecule has 0 amide bonds. The monoisotopic (exact) mass is 237 g/mol. The van der Waals surface area contributed by atoms with Crippen LogP contribution in [-0.4, -0.2) is 20.3 Å². The Kier molecular flexibility index (Phi) is 6.48. The van der Waals surface area contributed by atoms with Gasteiger partial charge in [0.2, 0.25) is 0 Å². The summed E-state index contributed by atoms with van der Waals surface area (Å²) >= 11 is 0. The highest BCUT2D eigenvalue weighted by atomic mass is 16.5. The van der Waals surface area contributed by atoms with Crippen LogP contribution in [0.2, 0.25) is 0 Å². The topological polar surface area (TPSA) is 30.5 Å². The fourth-order valence-corrected chi connectivity index (χ4v) is 1.58. The Balaban J connectivity index is 2.72. The van der Waals surface area contributed by atoms with E-state index in [-0.39, 0.29) is 0 Å². The van der Waals surface area contributed by atoms with Gasteiger partial charge in [0.25, 0.3) is 0 Å². The molecule has 0 bridgehead atoms. The Hall–Kier alpha value is -1.22. The van der Waals surface area contributed by atoms with Crippen LogP contribution in [-0.2, 0) is 6.54 Å². The summed E-state index contributed by atoms with van der Waals surface area (Å²) in [4.78, 5) is 0. The molecule has 1 N–H and O–H groups in total. The minimum absolute atomic E-state index is 0.660. The zero-order chi connectivity index (χ0) is 12.5. The van der Waals surface area contributed by atoms with Gasteiger partial charge >= 0.3 is 0 Å². The van der Waals surface area contributed by atoms with E-state index < -0.39 is 0 Å². The Bertz CT molecular complexity index is 326. The van der Waals surface area contributed by atoms with Crippen molar-refractivity contribution in [2.45, 2.75) is 33.2 Å². The Morgan fingerprint density at radius 1 is 1.12 bits per heavy atom. The molecule has 0 aromatic heterocycles. The maximum atomic E-state index is 5.72. The molecule has 0 saturated carbocycles. The first kappa shape index (κ1) is 13.8. The first-order valence-electron chi connectivity index (χ1n) is 6.34. The minimum atomic E-state index is 0.660. The molecular formula is C14H23NO2. The van der Waals surface area contributed by atoms with E-state index in [0.29, 0.717) is 6.61 Å². The highest BCUT2D eigenvalue weighted by Crippen LogP contribution is 2.28. The van der Waals surface area contributed by atoms with Crippen LogP contribution in [0, 0.1) is 0 Å². The van der Waals surface area contributed by atoms with E-state index in [9.17, 15) is 0 Å². The fourth-order valence-electron chi connectivity index (χ4n) is 1.58. The van der Waals surface area contributed by atoms with Crippen molar-refractivity contribution >= 4 is 0 Å². The molecule has 0 aliphatic heterocycles. The highest BCUT2D eigenvalue weighted by Gasteiger charge is 2.05. The largest absolute Gasteiger partial charge is 0.490 e. The molecule has 0 saturated heterocycles. The summed E-state index contributed by atoms with van der Waals surface area (Å²) < 4.78 is 11.3. The van der Waals surface area contributed by atoms with Crippen molar-refractivity contribution in [3.8, 4) is 11.5 Å². The summed E-state index contributed by atoms with van der Waals surface area (Å²) in [5.74, 6) is 1.69. The van der Waals surface area contributed by atoms with E-state index in [1.807, 2.05) is 26.1 Å². The van der Waals surface area contributed by atoms with Crippen molar-refractivity contribution in [2.24, 2.45) is 0 Å². The van der Waals surface area contributed by atoms with Gasteiger partial charge in [0.1, 0.15) is 0 Å². The number of benzene rings is 1. The first-order valence-corrected chi connectivity index (χ1v) is 6.34. The molecule has 1 aromatic carbocycles. The van der Waals surface area contributed by atoms with E-state index in [2.05, 4.69) is 18.3 Å². The molecule has 3 nitrogen and oxygen atoms in total. The highest BCUT2D eigenvalue weighted by molar-refractivity contribution is 5.43. The standard InChI is InChI=1S/C14H23NO2/c1-4-6-9-17-13-8-7-12(11-15-3)10-14(13)16-5-2/h7-8,10,15H,4-6,9,11H2,1-3H3. The van der Waals surface area contributed by atoms with Crippen LogP contribution < -0.4 is 14.8 Å². The average Bonchev–Trinajstić information content (AvgIpc) is 2.33. The average molecular weight is 237 g/mol. The number of unbranched alkanes of at least 4 members (excludes halogenated alkanes) is 1. The van der Waals surface area contributed by atoms with E-state index in [1.54, 1.807) is 0 Å². The van der Waals surface area contributed by atoms with E-state index in [4.69, 9.17) is 9.47 Å². The van der Waals surface area contributed by atoms with Gasteiger partial charge in [-0.15, -0.1) is 0 Å². The van der Waals surface area contributed by atoms with Crippen LogP contribution in [0.3, 0.4) is 0 Å². The quantitative estimate of drug-likeness (QED) is 0.705. The van der Waals surface area contributed by atoms with Gasteiger partial charge in [-0.25, -0.2) is 0 Å². The van der Waals surface area contributed by atoms with Gasteiger partial charge < -0.3 is 14.8 Å². The second-order valence-corrected chi connectivity index (χ2v) is 3.95. The van der Waals surface area contributed by atoms with Crippen LogP contribution in [0.5, 0.6) is 11.5 Å². The van der Waals surface area contributed by atoms with Gasteiger partial charge in [-0.1, -0.05) is 19.4 Å². The van der Waals surface area contributed by atoms with Gasteiger partial charge in [0.05, 0.1) is 13.2 Å². The lowest BCUT2D eigenvalue weighted by atomic mass is 10.2. The maximum absolute atomic E-state index is 5.72. The zero-order valence-electron chi connectivity index (χ0n) is 11.1. The summed E-state index contributed by atoms with van der Waals surface area (Å²) in [6, 6.07) is 6.11. The van der Waals surface area contributed by atoms with Gasteiger partial charge in [-0.05, 0) is 38.1 Å². The third-order valence-electron chi connectivity index (χ3n) is 2.44. The second-order valence-electron chi connectivity index (χ2n) is 3.95. The summed E-state index contributed by atoms with van der Waals surface area (Å²) in [7, 11) is 1.94. The summed E-state index contributed by atoms with van der Waals surface area (Å²) in [6.07, 6.45) is 2.21. The molecule has 0 radical (unpaired) electrons. The van der Waals surface area contributed by atoms with Gasteiger partial charge in [0.15, 0.2) is 11.5 Å². The van der Waals surface area contributed by atoms with Gasteiger partial charge in [-0.2, -0.15) is 0 Å². The number of ether oxygens (including phenoxy) is 2.